The molecule has 0 heterocycles. The van der Waals surface area contributed by atoms with Crippen LogP contribution in [0.1, 0.15) is 73.1 Å². The van der Waals surface area contributed by atoms with Crippen molar-refractivity contribution < 1.29 is 8.42 Å². The first-order valence-electron chi connectivity index (χ1n) is 11.5. The van der Waals surface area contributed by atoms with Gasteiger partial charge in [-0.25, -0.2) is 8.42 Å². The van der Waals surface area contributed by atoms with Crippen molar-refractivity contribution in [2.24, 2.45) is 34.0 Å². The molecule has 2 nitrogen and oxygen atoms in total. The molecule has 5 atom stereocenters. The van der Waals surface area contributed by atoms with Crippen LogP contribution in [0.4, 0.5) is 0 Å². The third-order valence-corrected chi connectivity index (χ3v) is 11.1. The first-order chi connectivity index (χ1) is 13.5. The normalized spacial score (nSPS) is 39.2. The van der Waals surface area contributed by atoms with Gasteiger partial charge in [-0.3, -0.25) is 0 Å². The standard InChI is InChI=1S/C26H38O2S/c1-19-12-13-23-25(4,17-14-22-24(2,3)15-9-16-26(22,23)5)21(19)18-29(27,28)20-10-7-6-8-11-20/h6-8,10-12,21-23H,9,13-18H2,1-5H3/t21-,22?,23-,25-,26-/m0/s1. The molecule has 2 saturated carbocycles. The van der Waals surface area contributed by atoms with E-state index in [1.807, 2.05) is 18.2 Å². The molecule has 4 rings (SSSR count). The van der Waals surface area contributed by atoms with Gasteiger partial charge in [-0.05, 0) is 85.2 Å². The number of hydrogen-bond acceptors (Lipinski definition) is 2. The summed E-state index contributed by atoms with van der Waals surface area (Å²) < 4.78 is 26.6. The largest absolute Gasteiger partial charge is 0.224 e. The highest BCUT2D eigenvalue weighted by atomic mass is 32.2. The maximum absolute atomic E-state index is 13.3. The zero-order valence-electron chi connectivity index (χ0n) is 18.9. The molecule has 0 bridgehead atoms. The van der Waals surface area contributed by atoms with Gasteiger partial charge in [0.25, 0.3) is 0 Å². The highest BCUT2D eigenvalue weighted by Crippen LogP contribution is 2.68. The second kappa shape index (κ2) is 6.97. The van der Waals surface area contributed by atoms with Gasteiger partial charge < -0.3 is 0 Å². The molecular formula is C26H38O2S. The average Bonchev–Trinajstić information content (AvgIpc) is 2.64. The van der Waals surface area contributed by atoms with Crippen molar-refractivity contribution in [1.29, 1.82) is 0 Å². The van der Waals surface area contributed by atoms with E-state index < -0.39 is 9.84 Å². The Bertz CT molecular complexity index is 898. The highest BCUT2D eigenvalue weighted by molar-refractivity contribution is 7.91. The topological polar surface area (TPSA) is 34.1 Å². The van der Waals surface area contributed by atoms with Gasteiger partial charge in [-0.1, -0.05) is 64.0 Å². The van der Waals surface area contributed by atoms with Crippen LogP contribution in [0, 0.1) is 34.0 Å². The van der Waals surface area contributed by atoms with E-state index in [0.29, 0.717) is 21.6 Å². The summed E-state index contributed by atoms with van der Waals surface area (Å²) in [6, 6.07) is 9.04. The lowest BCUT2D eigenvalue weighted by Gasteiger charge is -2.65. The molecule has 3 aliphatic carbocycles. The lowest BCUT2D eigenvalue weighted by Crippen LogP contribution is -2.58. The second-order valence-corrected chi connectivity index (χ2v) is 13.4. The zero-order valence-corrected chi connectivity index (χ0v) is 19.7. The fraction of sp³-hybridized carbons (Fsp3) is 0.692. The van der Waals surface area contributed by atoms with Crippen LogP contribution in [-0.2, 0) is 9.84 Å². The number of benzene rings is 1. The van der Waals surface area contributed by atoms with Crippen LogP contribution in [0.5, 0.6) is 0 Å². The summed E-state index contributed by atoms with van der Waals surface area (Å²) in [6.45, 7) is 12.1. The Hall–Kier alpha value is -1.09. The van der Waals surface area contributed by atoms with Gasteiger partial charge in [0.15, 0.2) is 9.84 Å². The number of allylic oxidation sites excluding steroid dienone is 2. The molecular weight excluding hydrogens is 376 g/mol. The average molecular weight is 415 g/mol. The molecule has 1 aromatic carbocycles. The Morgan fingerprint density at radius 1 is 0.931 bits per heavy atom. The molecule has 3 aliphatic rings. The molecule has 160 valence electrons. The van der Waals surface area contributed by atoms with Crippen molar-refractivity contribution in [3.05, 3.63) is 42.0 Å². The van der Waals surface area contributed by atoms with Gasteiger partial charge in [0.2, 0.25) is 0 Å². The molecule has 3 heteroatoms. The third kappa shape index (κ3) is 3.32. The molecule has 0 amide bonds. The molecule has 0 aliphatic heterocycles. The van der Waals surface area contributed by atoms with Crippen molar-refractivity contribution in [2.45, 2.75) is 78.0 Å². The predicted octanol–water partition coefficient (Wildman–Crippen LogP) is 6.68. The maximum atomic E-state index is 13.3. The van der Waals surface area contributed by atoms with Gasteiger partial charge in [-0.15, -0.1) is 0 Å². The summed E-state index contributed by atoms with van der Waals surface area (Å²) in [4.78, 5) is 0.470. The van der Waals surface area contributed by atoms with Gasteiger partial charge in [0, 0.05) is 0 Å². The van der Waals surface area contributed by atoms with E-state index in [1.165, 1.54) is 31.3 Å². The van der Waals surface area contributed by atoms with E-state index in [-0.39, 0.29) is 17.1 Å². The Balaban J connectivity index is 1.71. The molecule has 0 radical (unpaired) electrons. The highest BCUT2D eigenvalue weighted by Gasteiger charge is 2.60. The second-order valence-electron chi connectivity index (χ2n) is 11.3. The maximum Gasteiger partial charge on any atom is 0.178 e. The smallest absolute Gasteiger partial charge is 0.178 e. The van der Waals surface area contributed by atoms with Crippen LogP contribution in [0.15, 0.2) is 46.9 Å². The minimum Gasteiger partial charge on any atom is -0.224 e. The van der Waals surface area contributed by atoms with Crippen molar-refractivity contribution in [3.8, 4) is 0 Å². The Morgan fingerprint density at radius 3 is 2.31 bits per heavy atom. The lowest BCUT2D eigenvalue weighted by molar-refractivity contribution is -0.142. The van der Waals surface area contributed by atoms with Crippen molar-refractivity contribution in [1.82, 2.24) is 0 Å². The van der Waals surface area contributed by atoms with E-state index in [1.54, 1.807) is 12.1 Å². The van der Waals surface area contributed by atoms with E-state index in [0.717, 1.165) is 18.8 Å². The van der Waals surface area contributed by atoms with Gasteiger partial charge in [-0.2, -0.15) is 0 Å². The molecule has 29 heavy (non-hydrogen) atoms. The molecule has 1 unspecified atom stereocenters. The van der Waals surface area contributed by atoms with Crippen molar-refractivity contribution in [2.75, 3.05) is 5.75 Å². The van der Waals surface area contributed by atoms with Crippen molar-refractivity contribution in [3.63, 3.8) is 0 Å². The first-order valence-corrected chi connectivity index (χ1v) is 13.1. The summed E-state index contributed by atoms with van der Waals surface area (Å²) in [7, 11) is -3.29. The first kappa shape index (κ1) is 21.2. The number of sulfone groups is 1. The molecule has 0 N–H and O–H groups in total. The number of hydrogen-bond donors (Lipinski definition) is 0. The third-order valence-electron chi connectivity index (χ3n) is 9.35. The SMILES string of the molecule is CC1=CC[C@H]2[C@@](C)(CCC3C(C)(C)CCC[C@@]32C)[C@H]1CS(=O)(=O)c1ccccc1. The van der Waals surface area contributed by atoms with Gasteiger partial charge >= 0.3 is 0 Å². The fourth-order valence-electron chi connectivity index (χ4n) is 7.87. The lowest BCUT2D eigenvalue weighted by atomic mass is 9.40. The van der Waals surface area contributed by atoms with E-state index in [4.69, 9.17) is 0 Å². The molecule has 0 aromatic heterocycles. The Labute approximate surface area is 178 Å². The number of rotatable bonds is 3. The van der Waals surface area contributed by atoms with Crippen LogP contribution in [-0.4, -0.2) is 14.2 Å². The molecule has 0 spiro atoms. The van der Waals surface area contributed by atoms with Crippen LogP contribution in [0.2, 0.25) is 0 Å². The minimum atomic E-state index is -3.29. The van der Waals surface area contributed by atoms with Crippen molar-refractivity contribution >= 4 is 9.84 Å². The van der Waals surface area contributed by atoms with E-state index in [2.05, 4.69) is 40.7 Å². The Kier molecular flexibility index (Phi) is 5.08. The molecule has 1 aromatic rings. The molecule has 2 fully saturated rings. The van der Waals surface area contributed by atoms with Gasteiger partial charge in [0.05, 0.1) is 10.6 Å². The van der Waals surface area contributed by atoms with Crippen LogP contribution >= 0.6 is 0 Å². The molecule has 0 saturated heterocycles. The summed E-state index contributed by atoms with van der Waals surface area (Å²) in [5, 5.41) is 0. The fourth-order valence-corrected chi connectivity index (χ4v) is 9.72. The van der Waals surface area contributed by atoms with E-state index in [9.17, 15) is 8.42 Å². The summed E-state index contributed by atoms with van der Waals surface area (Å²) in [6.07, 6.45) is 9.83. The zero-order chi connectivity index (χ0) is 21.1. The van der Waals surface area contributed by atoms with E-state index >= 15 is 0 Å². The quantitative estimate of drug-likeness (QED) is 0.517. The predicted molar refractivity (Wildman–Crippen MR) is 120 cm³/mol. The Morgan fingerprint density at radius 2 is 1.62 bits per heavy atom. The van der Waals surface area contributed by atoms with Gasteiger partial charge in [0.1, 0.15) is 0 Å². The summed E-state index contributed by atoms with van der Waals surface area (Å²) >= 11 is 0. The van der Waals surface area contributed by atoms with Crippen LogP contribution in [0.3, 0.4) is 0 Å². The van der Waals surface area contributed by atoms with Crippen LogP contribution in [0.25, 0.3) is 0 Å². The minimum absolute atomic E-state index is 0.0688. The summed E-state index contributed by atoms with van der Waals surface area (Å²) in [5.74, 6) is 1.69. The number of fused-ring (bicyclic) bond motifs is 3. The summed E-state index contributed by atoms with van der Waals surface area (Å²) in [5.41, 5.74) is 2.08. The van der Waals surface area contributed by atoms with Crippen LogP contribution < -0.4 is 0 Å². The monoisotopic (exact) mass is 414 g/mol.